The van der Waals surface area contributed by atoms with E-state index >= 15 is 0 Å². The van der Waals surface area contributed by atoms with Crippen LogP contribution < -0.4 is 60.9 Å². The number of fused-ring (bicyclic) bond motifs is 2. The van der Waals surface area contributed by atoms with E-state index in [0.717, 1.165) is 11.1 Å². The molecule has 0 saturated carbocycles. The first-order valence-electron chi connectivity index (χ1n) is 13.2. The van der Waals surface area contributed by atoms with Gasteiger partial charge in [0.15, 0.2) is 29.2 Å². The third-order valence-electron chi connectivity index (χ3n) is 7.58. The van der Waals surface area contributed by atoms with Crippen LogP contribution in [0.1, 0.15) is 66.3 Å². The molecule has 5 aromatic rings. The molecular weight excluding hydrogens is 592 g/mol. The second kappa shape index (κ2) is 11.6. The second-order valence-electron chi connectivity index (χ2n) is 10.1. The average Bonchev–Trinajstić information content (AvgIpc) is 3.01. The Bertz CT molecular complexity index is 1970. The Morgan fingerprint density at radius 3 is 1.47 bits per heavy atom. The summed E-state index contributed by atoms with van der Waals surface area (Å²) in [4.78, 5) is 25.2. The minimum absolute atomic E-state index is 0. The Balaban J connectivity index is 0.00000329. The summed E-state index contributed by atoms with van der Waals surface area (Å²) in [6, 6.07) is 33.2. The van der Waals surface area contributed by atoms with E-state index in [-0.39, 0.29) is 74.5 Å². The van der Waals surface area contributed by atoms with Gasteiger partial charge in [0.1, 0.15) is 21.1 Å². The van der Waals surface area contributed by atoms with E-state index < -0.39 is 27.2 Å². The third-order valence-corrected chi connectivity index (χ3v) is 8.42. The Morgan fingerprint density at radius 2 is 1.00 bits per heavy atom. The summed E-state index contributed by atoms with van der Waals surface area (Å²) in [5.74, 6) is -0.115. The molecule has 2 atom stereocenters. The van der Waals surface area contributed by atoms with Gasteiger partial charge in [0.05, 0.1) is 5.56 Å². The third kappa shape index (κ3) is 5.31. The molecule has 0 amide bonds. The number of hydrogen-bond donors (Lipinski definition) is 0. The molecule has 0 fully saturated rings. The van der Waals surface area contributed by atoms with Gasteiger partial charge in [-0.2, -0.15) is 0 Å². The summed E-state index contributed by atoms with van der Waals surface area (Å²) in [6.45, 7) is 0. The average molecular weight is 613 g/mol. The normalized spacial score (nSPS) is 16.1. The Kier molecular flexibility index (Phi) is 7.99. The van der Waals surface area contributed by atoms with Gasteiger partial charge in [-0.05, 0) is 17.2 Å². The number of carbonyl (C=O) groups excluding carboxylic acids is 2. The molecule has 3 aliphatic heterocycles. The van der Waals surface area contributed by atoms with Crippen molar-refractivity contribution in [2.45, 2.75) is 17.1 Å². The largest absolute Gasteiger partial charge is 1.00 e. The maximum absolute atomic E-state index is 12.9. The molecule has 8 rings (SSSR count). The number of ether oxygens (including phenoxy) is 2. The van der Waals surface area contributed by atoms with Crippen molar-refractivity contribution in [3.8, 4) is 11.5 Å². The molecule has 3 aliphatic rings. The summed E-state index contributed by atoms with van der Waals surface area (Å²) in [5.41, 5.74) is 4.84. The van der Waals surface area contributed by atoms with Gasteiger partial charge in [-0.15, -0.1) is 0 Å². The zero-order valence-corrected chi connectivity index (χ0v) is 26.8. The van der Waals surface area contributed by atoms with Gasteiger partial charge in [0, 0.05) is 27.8 Å². The van der Waals surface area contributed by atoms with E-state index in [2.05, 4.69) is 0 Å². The topological polar surface area (TPSA) is 110 Å². The van der Waals surface area contributed by atoms with Gasteiger partial charge in [-0.3, -0.25) is 9.59 Å². The van der Waals surface area contributed by atoms with Crippen molar-refractivity contribution in [3.63, 3.8) is 0 Å². The Morgan fingerprint density at radius 1 is 0.581 bits per heavy atom. The van der Waals surface area contributed by atoms with Crippen molar-refractivity contribution >= 4 is 21.7 Å². The number of benzene rings is 5. The van der Waals surface area contributed by atoms with Crippen LogP contribution in [0.25, 0.3) is 0 Å². The molecule has 2 bridgehead atoms. The van der Waals surface area contributed by atoms with E-state index in [1.165, 1.54) is 6.07 Å². The predicted molar refractivity (Wildman–Crippen MR) is 152 cm³/mol. The molecule has 9 heteroatoms. The van der Waals surface area contributed by atoms with Crippen LogP contribution in [-0.4, -0.2) is 24.5 Å². The SMILES string of the molecule is O=C(c1ccccc1)c1ccc(C2Oc3c(S(=O)(=O)[O-])cc2c2c3OC2c2ccc(C(=O)c3ccccc3)cc2)cc1.[K+]. The Labute approximate surface area is 290 Å². The van der Waals surface area contributed by atoms with E-state index in [1.54, 1.807) is 84.9 Å². The van der Waals surface area contributed by atoms with Gasteiger partial charge in [-0.1, -0.05) is 109 Å². The van der Waals surface area contributed by atoms with Gasteiger partial charge in [0.2, 0.25) is 0 Å². The first kappa shape index (κ1) is 29.6. The molecule has 206 valence electrons. The van der Waals surface area contributed by atoms with E-state index in [0.29, 0.717) is 33.4 Å². The van der Waals surface area contributed by atoms with Crippen LogP contribution in [0, 0.1) is 0 Å². The van der Waals surface area contributed by atoms with Crippen LogP contribution in [0.5, 0.6) is 11.5 Å². The summed E-state index contributed by atoms with van der Waals surface area (Å²) >= 11 is 0. The van der Waals surface area contributed by atoms with E-state index in [4.69, 9.17) is 9.47 Å². The van der Waals surface area contributed by atoms with Crippen LogP contribution in [0.15, 0.2) is 120 Å². The maximum Gasteiger partial charge on any atom is 1.00 e. The zero-order chi connectivity index (χ0) is 29.0. The summed E-state index contributed by atoms with van der Waals surface area (Å²) in [7, 11) is -4.83. The van der Waals surface area contributed by atoms with Crippen molar-refractivity contribution in [2.75, 3.05) is 0 Å². The molecule has 7 nitrogen and oxygen atoms in total. The number of rotatable bonds is 7. The zero-order valence-electron chi connectivity index (χ0n) is 22.9. The molecule has 5 aromatic carbocycles. The molecular formula is C34H21KO7S. The molecule has 0 saturated heterocycles. The number of carbonyl (C=O) groups is 2. The fourth-order valence-electron chi connectivity index (χ4n) is 5.46. The van der Waals surface area contributed by atoms with Crippen molar-refractivity contribution in [2.24, 2.45) is 0 Å². The quantitative estimate of drug-likeness (QED) is 0.158. The monoisotopic (exact) mass is 612 g/mol. The minimum atomic E-state index is -4.83. The molecule has 2 unspecified atom stereocenters. The maximum atomic E-state index is 12.9. The van der Waals surface area contributed by atoms with Crippen LogP contribution in [0.3, 0.4) is 0 Å². The predicted octanol–water partition coefficient (Wildman–Crippen LogP) is 3.02. The van der Waals surface area contributed by atoms with Crippen molar-refractivity contribution in [3.05, 3.63) is 160 Å². The van der Waals surface area contributed by atoms with Gasteiger partial charge in [0.25, 0.3) is 0 Å². The second-order valence-corrected chi connectivity index (χ2v) is 11.5. The fourth-order valence-corrected chi connectivity index (χ4v) is 6.10. The number of ketones is 2. The molecule has 43 heavy (non-hydrogen) atoms. The summed E-state index contributed by atoms with van der Waals surface area (Å²) < 4.78 is 48.1. The van der Waals surface area contributed by atoms with Crippen molar-refractivity contribution in [1.29, 1.82) is 0 Å². The summed E-state index contributed by atoms with van der Waals surface area (Å²) in [6.07, 6.45) is -1.24. The first-order valence-corrected chi connectivity index (χ1v) is 14.6. The van der Waals surface area contributed by atoms with Crippen LogP contribution in [0.2, 0.25) is 0 Å². The fraction of sp³-hybridized carbons (Fsp3) is 0.0588. The van der Waals surface area contributed by atoms with Crippen LogP contribution in [-0.2, 0) is 10.1 Å². The van der Waals surface area contributed by atoms with E-state index in [1.807, 2.05) is 24.3 Å². The van der Waals surface area contributed by atoms with Crippen molar-refractivity contribution in [1.82, 2.24) is 0 Å². The molecule has 0 aliphatic carbocycles. The number of hydrogen-bond acceptors (Lipinski definition) is 7. The molecule has 0 N–H and O–H groups in total. The standard InChI is InChI=1S/C34H22O7S.K/c35-29(20-7-3-1-4-8-20)22-11-15-24(16-12-22)31-26-19-27(42(37,38)39)33(40-31)34-28(26)32(41-34)25-17-13-23(14-18-25)30(36)21-9-5-2-6-10-21;/h1-19,31-32H,(H,37,38,39);/q;+1/p-1. The summed E-state index contributed by atoms with van der Waals surface area (Å²) in [5, 5.41) is 0. The van der Waals surface area contributed by atoms with Crippen molar-refractivity contribution < 1.29 is 83.4 Å². The van der Waals surface area contributed by atoms with E-state index in [9.17, 15) is 22.6 Å². The molecule has 3 heterocycles. The molecule has 0 spiro atoms. The van der Waals surface area contributed by atoms with Gasteiger partial charge < -0.3 is 14.0 Å². The molecule has 0 aromatic heterocycles. The minimum Gasteiger partial charge on any atom is -0.744 e. The first-order chi connectivity index (χ1) is 20.3. The molecule has 0 radical (unpaired) electrons. The van der Waals surface area contributed by atoms with Crippen LogP contribution >= 0.6 is 0 Å². The van der Waals surface area contributed by atoms with Crippen LogP contribution in [0.4, 0.5) is 0 Å². The Hall–Kier alpha value is -3.41. The smallest absolute Gasteiger partial charge is 0.744 e. The van der Waals surface area contributed by atoms with Gasteiger partial charge in [-0.25, -0.2) is 8.42 Å². The van der Waals surface area contributed by atoms with Gasteiger partial charge >= 0.3 is 51.4 Å².